The van der Waals surface area contributed by atoms with Crippen LogP contribution in [0.5, 0.6) is 0 Å². The number of aryl methyl sites for hydroxylation is 2. The molecule has 0 fully saturated rings. The molecular weight excluding hydrogens is 316 g/mol. The van der Waals surface area contributed by atoms with Gasteiger partial charge in [-0.15, -0.1) is 22.7 Å². The van der Waals surface area contributed by atoms with Crippen molar-refractivity contribution in [3.63, 3.8) is 0 Å². The lowest BCUT2D eigenvalue weighted by Gasteiger charge is -2.13. The first kappa shape index (κ1) is 17.1. The summed E-state index contributed by atoms with van der Waals surface area (Å²) in [5.41, 5.74) is 1.53. The quantitative estimate of drug-likeness (QED) is 0.879. The molecule has 0 saturated carbocycles. The molecule has 1 N–H and O–H groups in total. The smallest absolute Gasteiger partial charge is 0.271 e. The van der Waals surface area contributed by atoms with Crippen LogP contribution < -0.4 is 5.32 Å². The monoisotopic (exact) mass is 338 g/mol. The molecule has 0 saturated heterocycles. The minimum atomic E-state index is -0.126. The van der Waals surface area contributed by atoms with Crippen molar-refractivity contribution in [2.24, 2.45) is 0 Å². The molecule has 2 heterocycles. The minimum Gasteiger partial charge on any atom is -0.341 e. The molecule has 0 radical (unpaired) electrons. The summed E-state index contributed by atoms with van der Waals surface area (Å²) >= 11 is 3.16. The highest BCUT2D eigenvalue weighted by atomic mass is 32.1. The van der Waals surface area contributed by atoms with E-state index < -0.39 is 0 Å². The molecule has 7 heteroatoms. The molecule has 0 spiro atoms. The van der Waals surface area contributed by atoms with Gasteiger partial charge < -0.3 is 10.2 Å². The molecule has 1 amide bonds. The number of amides is 1. The Labute approximate surface area is 139 Å². The second-order valence-electron chi connectivity index (χ2n) is 5.49. The summed E-state index contributed by atoms with van der Waals surface area (Å²) in [6, 6.07) is -0.0519. The van der Waals surface area contributed by atoms with E-state index in [0.29, 0.717) is 5.69 Å². The van der Waals surface area contributed by atoms with Gasteiger partial charge in [0.05, 0.1) is 11.7 Å². The Hall–Kier alpha value is -1.31. The predicted octanol–water partition coefficient (Wildman–Crippen LogP) is 3.16. The number of aromatic nitrogens is 2. The zero-order valence-electron chi connectivity index (χ0n) is 13.6. The highest BCUT2D eigenvalue weighted by Crippen LogP contribution is 2.25. The zero-order valence-corrected chi connectivity index (χ0v) is 15.3. The number of thiazole rings is 2. The van der Waals surface area contributed by atoms with Crippen LogP contribution in [0.4, 0.5) is 0 Å². The maximum absolute atomic E-state index is 12.4. The van der Waals surface area contributed by atoms with Gasteiger partial charge in [-0.1, -0.05) is 6.92 Å². The molecule has 2 aromatic heterocycles. The molecule has 2 rings (SSSR count). The fourth-order valence-electron chi connectivity index (χ4n) is 1.98. The number of nitrogens with zero attached hydrogens (tertiary/aromatic N) is 3. The highest BCUT2D eigenvalue weighted by Gasteiger charge is 2.19. The molecular formula is C15H22N4OS2. The van der Waals surface area contributed by atoms with Gasteiger partial charge in [0.1, 0.15) is 15.7 Å². The molecule has 1 unspecified atom stereocenters. The SMILES string of the molecule is CCC(NC(=O)c1csc(CN(C)C)n1)c1nc(C)c(C)s1. The molecule has 0 aromatic carbocycles. The maximum atomic E-state index is 12.4. The number of hydrogen-bond acceptors (Lipinski definition) is 6. The van der Waals surface area contributed by atoms with Gasteiger partial charge >= 0.3 is 0 Å². The third-order valence-electron chi connectivity index (χ3n) is 3.29. The van der Waals surface area contributed by atoms with Gasteiger partial charge in [0.2, 0.25) is 0 Å². The molecule has 0 aliphatic carbocycles. The maximum Gasteiger partial charge on any atom is 0.271 e. The first-order valence-electron chi connectivity index (χ1n) is 7.24. The third kappa shape index (κ3) is 4.12. The summed E-state index contributed by atoms with van der Waals surface area (Å²) in [4.78, 5) is 24.6. The van der Waals surface area contributed by atoms with Crippen molar-refractivity contribution in [2.75, 3.05) is 14.1 Å². The molecule has 0 bridgehead atoms. The van der Waals surface area contributed by atoms with Gasteiger partial charge in [-0.2, -0.15) is 0 Å². The van der Waals surface area contributed by atoms with Crippen molar-refractivity contribution in [2.45, 2.75) is 39.8 Å². The molecule has 5 nitrogen and oxygen atoms in total. The van der Waals surface area contributed by atoms with E-state index in [-0.39, 0.29) is 11.9 Å². The summed E-state index contributed by atoms with van der Waals surface area (Å²) in [5.74, 6) is -0.126. The second kappa shape index (κ2) is 7.30. The van der Waals surface area contributed by atoms with Crippen LogP contribution in [-0.2, 0) is 6.54 Å². The number of carbonyl (C=O) groups is 1. The van der Waals surface area contributed by atoms with Gasteiger partial charge in [-0.3, -0.25) is 4.79 Å². The molecule has 0 aliphatic heterocycles. The lowest BCUT2D eigenvalue weighted by molar-refractivity contribution is 0.0931. The first-order chi connectivity index (χ1) is 10.4. The summed E-state index contributed by atoms with van der Waals surface area (Å²) in [6.45, 7) is 6.85. The van der Waals surface area contributed by atoms with E-state index in [1.54, 1.807) is 11.3 Å². The molecule has 1 atom stereocenters. The fourth-order valence-corrected chi connectivity index (χ4v) is 3.92. The Morgan fingerprint density at radius 2 is 2.09 bits per heavy atom. The van der Waals surface area contributed by atoms with Crippen molar-refractivity contribution in [1.29, 1.82) is 0 Å². The van der Waals surface area contributed by atoms with E-state index in [1.165, 1.54) is 16.2 Å². The minimum absolute atomic E-state index is 0.0519. The Morgan fingerprint density at radius 1 is 1.36 bits per heavy atom. The van der Waals surface area contributed by atoms with E-state index in [4.69, 9.17) is 0 Å². The molecule has 120 valence electrons. The van der Waals surface area contributed by atoms with Gasteiger partial charge in [0.15, 0.2) is 0 Å². The van der Waals surface area contributed by atoms with Crippen molar-refractivity contribution >= 4 is 28.6 Å². The largest absolute Gasteiger partial charge is 0.341 e. The van der Waals surface area contributed by atoms with Crippen molar-refractivity contribution in [1.82, 2.24) is 20.2 Å². The number of rotatable bonds is 6. The van der Waals surface area contributed by atoms with E-state index >= 15 is 0 Å². The zero-order chi connectivity index (χ0) is 16.3. The van der Waals surface area contributed by atoms with Crippen LogP contribution in [0.25, 0.3) is 0 Å². The van der Waals surface area contributed by atoms with Crippen molar-refractivity contribution < 1.29 is 4.79 Å². The van der Waals surface area contributed by atoms with Crippen LogP contribution in [0.15, 0.2) is 5.38 Å². The Bertz CT molecular complexity index is 628. The van der Waals surface area contributed by atoms with E-state index in [1.807, 2.05) is 31.3 Å². The first-order valence-corrected chi connectivity index (χ1v) is 8.94. The average Bonchev–Trinajstić information content (AvgIpc) is 3.03. The van der Waals surface area contributed by atoms with Crippen molar-refractivity contribution in [3.8, 4) is 0 Å². The molecule has 0 aliphatic rings. The second-order valence-corrected chi connectivity index (χ2v) is 7.67. The van der Waals surface area contributed by atoms with Crippen LogP contribution in [0.1, 0.15) is 50.5 Å². The predicted molar refractivity (Wildman–Crippen MR) is 91.6 cm³/mol. The summed E-state index contributed by atoms with van der Waals surface area (Å²) in [6.07, 6.45) is 0.812. The molecule has 2 aromatic rings. The lowest BCUT2D eigenvalue weighted by atomic mass is 10.2. The van der Waals surface area contributed by atoms with Gasteiger partial charge in [0, 0.05) is 16.8 Å². The molecule has 22 heavy (non-hydrogen) atoms. The summed E-state index contributed by atoms with van der Waals surface area (Å²) in [5, 5.41) is 6.78. The summed E-state index contributed by atoms with van der Waals surface area (Å²) in [7, 11) is 3.97. The van der Waals surface area contributed by atoms with Gasteiger partial charge in [0.25, 0.3) is 5.91 Å². The normalized spacial score (nSPS) is 12.6. The van der Waals surface area contributed by atoms with Crippen LogP contribution >= 0.6 is 22.7 Å². The standard InChI is InChI=1S/C15H22N4OS2/c1-6-11(15-16-9(2)10(3)22-15)18-14(20)12-8-21-13(17-12)7-19(4)5/h8,11H,6-7H2,1-5H3,(H,18,20). The van der Waals surface area contributed by atoms with Crippen molar-refractivity contribution in [3.05, 3.63) is 31.7 Å². The van der Waals surface area contributed by atoms with Crippen LogP contribution in [0.2, 0.25) is 0 Å². The fraction of sp³-hybridized carbons (Fsp3) is 0.533. The van der Waals surface area contributed by atoms with E-state index in [2.05, 4.69) is 29.1 Å². The third-order valence-corrected chi connectivity index (χ3v) is 5.31. The van der Waals surface area contributed by atoms with Crippen LogP contribution in [0.3, 0.4) is 0 Å². The number of carbonyl (C=O) groups excluding carboxylic acids is 1. The summed E-state index contributed by atoms with van der Waals surface area (Å²) < 4.78 is 0. The Kier molecular flexibility index (Phi) is 5.66. The topological polar surface area (TPSA) is 58.1 Å². The van der Waals surface area contributed by atoms with Crippen LogP contribution in [0, 0.1) is 13.8 Å². The Morgan fingerprint density at radius 3 is 2.64 bits per heavy atom. The van der Waals surface area contributed by atoms with E-state index in [0.717, 1.165) is 28.7 Å². The lowest BCUT2D eigenvalue weighted by Crippen LogP contribution is -2.28. The van der Waals surface area contributed by atoms with Gasteiger partial charge in [-0.25, -0.2) is 9.97 Å². The average molecular weight is 339 g/mol. The van der Waals surface area contributed by atoms with Crippen LogP contribution in [-0.4, -0.2) is 34.9 Å². The van der Waals surface area contributed by atoms with Gasteiger partial charge in [-0.05, 0) is 34.4 Å². The highest BCUT2D eigenvalue weighted by molar-refractivity contribution is 7.11. The number of hydrogen-bond donors (Lipinski definition) is 1. The van der Waals surface area contributed by atoms with E-state index in [9.17, 15) is 4.79 Å². The number of nitrogens with one attached hydrogen (secondary N) is 1. The Balaban J connectivity index is 2.07.